The predicted octanol–water partition coefficient (Wildman–Crippen LogP) is 2.14. The molecule has 0 spiro atoms. The maximum atomic E-state index is 4.98. The first kappa shape index (κ1) is 10.3. The summed E-state index contributed by atoms with van der Waals surface area (Å²) < 4.78 is 6.10. The number of hydrogen-bond acceptors (Lipinski definition) is 5. The smallest absolute Gasteiger partial charge is 0.147 e. The minimum atomic E-state index is 0.770. The number of methoxy groups -OCH3 is 1. The van der Waals surface area contributed by atoms with Crippen LogP contribution >= 0.6 is 11.3 Å². The molecule has 15 heavy (non-hydrogen) atoms. The summed E-state index contributed by atoms with van der Waals surface area (Å²) in [4.78, 5) is 8.41. The van der Waals surface area contributed by atoms with Crippen molar-refractivity contribution in [3.8, 4) is 0 Å². The third kappa shape index (κ3) is 2.43. The fraction of sp³-hybridized carbons (Fsp3) is 0.400. The molecule has 4 nitrogen and oxygen atoms in total. The lowest BCUT2D eigenvalue weighted by Gasteiger charge is -2.05. The summed E-state index contributed by atoms with van der Waals surface area (Å²) in [6, 6.07) is 2.00. The Morgan fingerprint density at radius 3 is 3.27 bits per heavy atom. The van der Waals surface area contributed by atoms with E-state index in [1.807, 2.05) is 11.4 Å². The van der Waals surface area contributed by atoms with Crippen LogP contribution in [0.1, 0.15) is 6.42 Å². The molecule has 0 saturated carbocycles. The van der Waals surface area contributed by atoms with Gasteiger partial charge in [-0.3, -0.25) is 0 Å². The largest absolute Gasteiger partial charge is 0.385 e. The molecule has 0 aromatic carbocycles. The van der Waals surface area contributed by atoms with Gasteiger partial charge in [0.1, 0.15) is 12.1 Å². The van der Waals surface area contributed by atoms with E-state index in [2.05, 4.69) is 15.3 Å². The molecule has 2 rings (SSSR count). The zero-order valence-electron chi connectivity index (χ0n) is 8.56. The van der Waals surface area contributed by atoms with E-state index in [9.17, 15) is 0 Å². The van der Waals surface area contributed by atoms with E-state index in [-0.39, 0.29) is 0 Å². The molecular formula is C10H13N3OS. The van der Waals surface area contributed by atoms with Crippen LogP contribution < -0.4 is 5.32 Å². The van der Waals surface area contributed by atoms with Crippen molar-refractivity contribution in [1.29, 1.82) is 0 Å². The second kappa shape index (κ2) is 5.04. The molecular weight excluding hydrogens is 210 g/mol. The molecule has 80 valence electrons. The van der Waals surface area contributed by atoms with Crippen LogP contribution in [0.2, 0.25) is 0 Å². The Morgan fingerprint density at radius 2 is 2.40 bits per heavy atom. The molecule has 0 aliphatic rings. The van der Waals surface area contributed by atoms with E-state index in [1.165, 1.54) is 0 Å². The normalized spacial score (nSPS) is 10.7. The Bertz CT molecular complexity index is 429. The van der Waals surface area contributed by atoms with Gasteiger partial charge in [-0.15, -0.1) is 11.3 Å². The second-order valence-corrected chi connectivity index (χ2v) is 4.05. The molecule has 5 heteroatoms. The van der Waals surface area contributed by atoms with E-state index >= 15 is 0 Å². The summed E-state index contributed by atoms with van der Waals surface area (Å²) in [6.45, 7) is 1.64. The lowest BCUT2D eigenvalue weighted by atomic mass is 10.4. The van der Waals surface area contributed by atoms with Gasteiger partial charge in [0.15, 0.2) is 0 Å². The quantitative estimate of drug-likeness (QED) is 0.789. The summed E-state index contributed by atoms with van der Waals surface area (Å²) >= 11 is 1.66. The van der Waals surface area contributed by atoms with Crippen molar-refractivity contribution in [1.82, 2.24) is 9.97 Å². The molecule has 0 aliphatic carbocycles. The minimum Gasteiger partial charge on any atom is -0.385 e. The number of aromatic nitrogens is 2. The number of ether oxygens (including phenoxy) is 1. The zero-order chi connectivity index (χ0) is 10.5. The highest BCUT2D eigenvalue weighted by molar-refractivity contribution is 7.17. The fourth-order valence-corrected chi connectivity index (χ4v) is 2.15. The number of fused-ring (bicyclic) bond motifs is 1. The van der Waals surface area contributed by atoms with Crippen molar-refractivity contribution in [2.24, 2.45) is 0 Å². The third-order valence-electron chi connectivity index (χ3n) is 2.06. The molecule has 0 unspecified atom stereocenters. The van der Waals surface area contributed by atoms with Crippen LogP contribution in [0.15, 0.2) is 17.8 Å². The Labute approximate surface area is 92.3 Å². The Kier molecular flexibility index (Phi) is 3.47. The van der Waals surface area contributed by atoms with Crippen LogP contribution in [-0.2, 0) is 4.74 Å². The monoisotopic (exact) mass is 223 g/mol. The van der Waals surface area contributed by atoms with Gasteiger partial charge in [0.25, 0.3) is 0 Å². The first-order chi connectivity index (χ1) is 7.42. The molecule has 2 aromatic rings. The Balaban J connectivity index is 2.04. The van der Waals surface area contributed by atoms with E-state index in [0.29, 0.717) is 0 Å². The zero-order valence-corrected chi connectivity index (χ0v) is 9.38. The summed E-state index contributed by atoms with van der Waals surface area (Å²) in [6.07, 6.45) is 2.57. The van der Waals surface area contributed by atoms with Crippen LogP contribution in [0, 0.1) is 0 Å². The lowest BCUT2D eigenvalue weighted by Crippen LogP contribution is -2.06. The first-order valence-electron chi connectivity index (χ1n) is 4.83. The molecule has 0 bridgehead atoms. The average Bonchev–Trinajstić information content (AvgIpc) is 2.73. The van der Waals surface area contributed by atoms with Crippen LogP contribution in [0.3, 0.4) is 0 Å². The van der Waals surface area contributed by atoms with E-state index in [4.69, 9.17) is 4.74 Å². The molecule has 0 aliphatic heterocycles. The molecule has 0 fully saturated rings. The number of hydrogen-bond donors (Lipinski definition) is 1. The van der Waals surface area contributed by atoms with Gasteiger partial charge in [0.05, 0.1) is 10.2 Å². The summed E-state index contributed by atoms with van der Waals surface area (Å²) in [5, 5.41) is 5.32. The number of nitrogens with zero attached hydrogens (tertiary/aromatic N) is 2. The maximum absolute atomic E-state index is 4.98. The molecule has 0 saturated heterocycles. The summed E-state index contributed by atoms with van der Waals surface area (Å²) in [7, 11) is 1.71. The number of nitrogens with one attached hydrogen (secondary N) is 1. The first-order valence-corrected chi connectivity index (χ1v) is 5.71. The molecule has 0 atom stereocenters. The Hall–Kier alpha value is -1.20. The topological polar surface area (TPSA) is 47.0 Å². The highest BCUT2D eigenvalue weighted by atomic mass is 32.1. The van der Waals surface area contributed by atoms with Gasteiger partial charge in [-0.1, -0.05) is 0 Å². The van der Waals surface area contributed by atoms with Gasteiger partial charge < -0.3 is 10.1 Å². The number of thiophene rings is 1. The van der Waals surface area contributed by atoms with Gasteiger partial charge in [-0.25, -0.2) is 9.97 Å². The lowest BCUT2D eigenvalue weighted by molar-refractivity contribution is 0.198. The summed E-state index contributed by atoms with van der Waals surface area (Å²) in [5.74, 6) is 0.922. The number of anilines is 1. The van der Waals surface area contributed by atoms with Crippen molar-refractivity contribution < 1.29 is 4.74 Å². The van der Waals surface area contributed by atoms with Gasteiger partial charge in [0, 0.05) is 20.3 Å². The molecule has 2 heterocycles. The standard InChI is InChI=1S/C10H13N3OS/c1-14-5-2-4-11-10-9-8(3-6-15-9)12-7-13-10/h3,6-7H,2,4-5H2,1H3,(H,11,12,13). The minimum absolute atomic E-state index is 0.770. The second-order valence-electron chi connectivity index (χ2n) is 3.13. The summed E-state index contributed by atoms with van der Waals surface area (Å²) in [5.41, 5.74) is 1.00. The van der Waals surface area contributed by atoms with Gasteiger partial charge in [-0.2, -0.15) is 0 Å². The number of rotatable bonds is 5. The predicted molar refractivity (Wildman–Crippen MR) is 62.4 cm³/mol. The molecule has 1 N–H and O–H groups in total. The molecule has 0 amide bonds. The fourth-order valence-electron chi connectivity index (χ4n) is 1.34. The molecule has 2 aromatic heterocycles. The van der Waals surface area contributed by atoms with Crippen LogP contribution in [0.4, 0.5) is 5.82 Å². The Morgan fingerprint density at radius 1 is 1.47 bits per heavy atom. The van der Waals surface area contributed by atoms with Crippen molar-refractivity contribution in [2.75, 3.05) is 25.6 Å². The van der Waals surface area contributed by atoms with Gasteiger partial charge >= 0.3 is 0 Å². The van der Waals surface area contributed by atoms with Gasteiger partial charge in [0.2, 0.25) is 0 Å². The highest BCUT2D eigenvalue weighted by Gasteiger charge is 2.03. The van der Waals surface area contributed by atoms with Crippen molar-refractivity contribution in [3.63, 3.8) is 0 Å². The van der Waals surface area contributed by atoms with E-state index in [1.54, 1.807) is 24.8 Å². The maximum Gasteiger partial charge on any atom is 0.147 e. The van der Waals surface area contributed by atoms with Gasteiger partial charge in [-0.05, 0) is 17.9 Å². The van der Waals surface area contributed by atoms with Crippen molar-refractivity contribution in [3.05, 3.63) is 17.8 Å². The third-order valence-corrected chi connectivity index (χ3v) is 2.97. The average molecular weight is 223 g/mol. The molecule has 0 radical (unpaired) electrons. The van der Waals surface area contributed by atoms with Crippen molar-refractivity contribution in [2.45, 2.75) is 6.42 Å². The van der Waals surface area contributed by atoms with Crippen LogP contribution in [0.25, 0.3) is 10.2 Å². The van der Waals surface area contributed by atoms with Crippen LogP contribution in [0.5, 0.6) is 0 Å². The van der Waals surface area contributed by atoms with E-state index < -0.39 is 0 Å². The highest BCUT2D eigenvalue weighted by Crippen LogP contribution is 2.24. The van der Waals surface area contributed by atoms with Crippen LogP contribution in [-0.4, -0.2) is 30.2 Å². The van der Waals surface area contributed by atoms with E-state index in [0.717, 1.165) is 35.6 Å². The SMILES string of the molecule is COCCCNc1ncnc2ccsc12. The van der Waals surface area contributed by atoms with Crippen molar-refractivity contribution >= 4 is 27.4 Å².